The molecule has 226 valence electrons. The fraction of sp³-hybridized carbons (Fsp3) is 0.375. The second-order valence-electron chi connectivity index (χ2n) is 10.1. The van der Waals surface area contributed by atoms with Crippen LogP contribution < -0.4 is 14.4 Å². The summed E-state index contributed by atoms with van der Waals surface area (Å²) in [5, 5.41) is 3.50. The number of amides is 2. The number of rotatable bonds is 16. The predicted octanol–water partition coefficient (Wildman–Crippen LogP) is 5.45. The molecule has 10 heteroatoms. The van der Waals surface area contributed by atoms with E-state index < -0.39 is 16.1 Å². The third-order valence-corrected chi connectivity index (χ3v) is 8.46. The van der Waals surface area contributed by atoms with E-state index >= 15 is 0 Å². The maximum absolute atomic E-state index is 13.9. The number of anilines is 1. The lowest BCUT2D eigenvalue weighted by Gasteiger charge is -2.32. The number of hydrogen-bond acceptors (Lipinski definition) is 5. The summed E-state index contributed by atoms with van der Waals surface area (Å²) in [4.78, 5) is 29.0. The monoisotopic (exact) mass is 613 g/mol. The van der Waals surface area contributed by atoms with Gasteiger partial charge in [0.2, 0.25) is 21.8 Å². The molecule has 0 fully saturated rings. The third kappa shape index (κ3) is 9.77. The number of unbranched alkanes of at least 4 members (excludes halogenated alkanes) is 1. The molecule has 0 saturated heterocycles. The SMILES string of the molecule is CCCCNC(=O)[C@H](Cc1ccccc1)N(Cc1ccccc1Cl)C(=O)CCCN(c1cccc(OC)c1)S(C)(=O)=O. The van der Waals surface area contributed by atoms with Crippen molar-refractivity contribution in [3.05, 3.63) is 95.0 Å². The van der Waals surface area contributed by atoms with Crippen LogP contribution in [0.4, 0.5) is 5.69 Å². The number of nitrogens with one attached hydrogen (secondary N) is 1. The van der Waals surface area contributed by atoms with E-state index in [0.717, 1.165) is 30.2 Å². The van der Waals surface area contributed by atoms with Crippen LogP contribution in [0.15, 0.2) is 78.9 Å². The number of nitrogens with zero attached hydrogens (tertiary/aromatic N) is 2. The Kier molecular flexibility index (Phi) is 12.7. The Morgan fingerprint density at radius 3 is 2.36 bits per heavy atom. The minimum atomic E-state index is -3.63. The van der Waals surface area contributed by atoms with Crippen LogP contribution >= 0.6 is 11.6 Å². The summed E-state index contributed by atoms with van der Waals surface area (Å²) >= 11 is 6.49. The molecular formula is C32H40ClN3O5S. The van der Waals surface area contributed by atoms with E-state index in [1.165, 1.54) is 11.4 Å². The minimum absolute atomic E-state index is 0.0357. The number of methoxy groups -OCH3 is 1. The van der Waals surface area contributed by atoms with E-state index in [2.05, 4.69) is 5.32 Å². The normalized spacial score (nSPS) is 11.9. The maximum Gasteiger partial charge on any atom is 0.243 e. The second kappa shape index (κ2) is 16.2. The highest BCUT2D eigenvalue weighted by Crippen LogP contribution is 2.25. The molecule has 3 aromatic rings. The minimum Gasteiger partial charge on any atom is -0.497 e. The highest BCUT2D eigenvalue weighted by Gasteiger charge is 2.31. The average Bonchev–Trinajstić information content (AvgIpc) is 2.97. The van der Waals surface area contributed by atoms with Crippen molar-refractivity contribution in [3.63, 3.8) is 0 Å². The van der Waals surface area contributed by atoms with E-state index in [0.29, 0.717) is 29.4 Å². The number of hydrogen-bond donors (Lipinski definition) is 1. The van der Waals surface area contributed by atoms with Gasteiger partial charge in [-0.2, -0.15) is 0 Å². The number of sulfonamides is 1. The van der Waals surface area contributed by atoms with E-state index in [-0.39, 0.29) is 37.7 Å². The fourth-order valence-electron chi connectivity index (χ4n) is 4.64. The van der Waals surface area contributed by atoms with Crippen molar-refractivity contribution in [3.8, 4) is 5.75 Å². The summed E-state index contributed by atoms with van der Waals surface area (Å²) in [6.45, 7) is 2.79. The van der Waals surface area contributed by atoms with Gasteiger partial charge in [-0.1, -0.05) is 79.5 Å². The average molecular weight is 614 g/mol. The Balaban J connectivity index is 1.88. The lowest BCUT2D eigenvalue weighted by Crippen LogP contribution is -2.50. The van der Waals surface area contributed by atoms with Crippen molar-refractivity contribution in [2.75, 3.05) is 30.8 Å². The molecule has 0 heterocycles. The van der Waals surface area contributed by atoms with Crippen molar-refractivity contribution in [2.24, 2.45) is 0 Å². The molecule has 0 unspecified atom stereocenters. The summed E-state index contributed by atoms with van der Waals surface area (Å²) in [6, 6.07) is 22.8. The van der Waals surface area contributed by atoms with Crippen LogP contribution in [-0.4, -0.2) is 57.6 Å². The van der Waals surface area contributed by atoms with Gasteiger partial charge in [0.05, 0.1) is 19.1 Å². The first-order chi connectivity index (χ1) is 20.1. The van der Waals surface area contributed by atoms with Crippen LogP contribution in [0.2, 0.25) is 5.02 Å². The molecule has 1 N–H and O–H groups in total. The summed E-state index contributed by atoms with van der Waals surface area (Å²) < 4.78 is 31.9. The highest BCUT2D eigenvalue weighted by molar-refractivity contribution is 7.92. The molecule has 1 atom stereocenters. The van der Waals surface area contributed by atoms with Gasteiger partial charge < -0.3 is 15.0 Å². The second-order valence-corrected chi connectivity index (χ2v) is 12.4. The number of ether oxygens (including phenoxy) is 1. The lowest BCUT2D eigenvalue weighted by atomic mass is 10.0. The molecule has 3 rings (SSSR count). The zero-order valence-corrected chi connectivity index (χ0v) is 26.0. The van der Waals surface area contributed by atoms with Crippen LogP contribution in [0, 0.1) is 0 Å². The Morgan fingerprint density at radius 2 is 1.69 bits per heavy atom. The van der Waals surface area contributed by atoms with Gasteiger partial charge >= 0.3 is 0 Å². The molecule has 3 aromatic carbocycles. The zero-order valence-electron chi connectivity index (χ0n) is 24.5. The van der Waals surface area contributed by atoms with Crippen LogP contribution in [0.3, 0.4) is 0 Å². The Bertz CT molecular complexity index is 1420. The largest absolute Gasteiger partial charge is 0.497 e. The van der Waals surface area contributed by atoms with Crippen molar-refractivity contribution >= 4 is 39.1 Å². The molecule has 0 aliphatic carbocycles. The smallest absolute Gasteiger partial charge is 0.243 e. The molecule has 0 aromatic heterocycles. The molecule has 0 saturated carbocycles. The summed E-state index contributed by atoms with van der Waals surface area (Å²) in [5.41, 5.74) is 2.10. The van der Waals surface area contributed by atoms with Gasteiger partial charge in [0.1, 0.15) is 11.8 Å². The van der Waals surface area contributed by atoms with Gasteiger partial charge in [-0.25, -0.2) is 8.42 Å². The topological polar surface area (TPSA) is 96.0 Å². The molecule has 2 amide bonds. The highest BCUT2D eigenvalue weighted by atomic mass is 35.5. The molecule has 0 spiro atoms. The fourth-order valence-corrected chi connectivity index (χ4v) is 5.79. The van der Waals surface area contributed by atoms with Crippen molar-refractivity contribution < 1.29 is 22.7 Å². The molecule has 0 bridgehead atoms. The molecule has 0 aliphatic rings. The summed E-state index contributed by atoms with van der Waals surface area (Å²) in [6.07, 6.45) is 3.50. The molecular weight excluding hydrogens is 574 g/mol. The van der Waals surface area contributed by atoms with E-state index in [9.17, 15) is 18.0 Å². The van der Waals surface area contributed by atoms with Gasteiger partial charge in [0.25, 0.3) is 0 Å². The van der Waals surface area contributed by atoms with Gasteiger partial charge in [-0.05, 0) is 42.2 Å². The number of benzene rings is 3. The van der Waals surface area contributed by atoms with Crippen molar-refractivity contribution in [1.29, 1.82) is 0 Å². The first-order valence-electron chi connectivity index (χ1n) is 14.1. The lowest BCUT2D eigenvalue weighted by molar-refractivity contribution is -0.141. The maximum atomic E-state index is 13.9. The zero-order chi connectivity index (χ0) is 30.5. The van der Waals surface area contributed by atoms with E-state index in [1.54, 1.807) is 35.2 Å². The van der Waals surface area contributed by atoms with E-state index in [4.69, 9.17) is 16.3 Å². The Morgan fingerprint density at radius 1 is 0.976 bits per heavy atom. The quantitative estimate of drug-likeness (QED) is 0.217. The van der Waals surface area contributed by atoms with Gasteiger partial charge in [0, 0.05) is 43.6 Å². The molecule has 42 heavy (non-hydrogen) atoms. The first-order valence-corrected chi connectivity index (χ1v) is 16.3. The predicted molar refractivity (Wildman–Crippen MR) is 168 cm³/mol. The first kappa shape index (κ1) is 32.9. The molecule has 0 radical (unpaired) electrons. The van der Waals surface area contributed by atoms with Gasteiger partial charge in [-0.3, -0.25) is 13.9 Å². The summed E-state index contributed by atoms with van der Waals surface area (Å²) in [5.74, 6) is 0.0309. The van der Waals surface area contributed by atoms with Gasteiger partial charge in [-0.15, -0.1) is 0 Å². The third-order valence-electron chi connectivity index (χ3n) is 6.89. The van der Waals surface area contributed by atoms with Crippen LogP contribution in [0.25, 0.3) is 0 Å². The van der Waals surface area contributed by atoms with Gasteiger partial charge in [0.15, 0.2) is 0 Å². The van der Waals surface area contributed by atoms with Crippen LogP contribution in [-0.2, 0) is 32.6 Å². The van der Waals surface area contributed by atoms with Crippen LogP contribution in [0.1, 0.15) is 43.7 Å². The van der Waals surface area contributed by atoms with Crippen molar-refractivity contribution in [1.82, 2.24) is 10.2 Å². The number of carbonyl (C=O) groups is 2. The molecule has 8 nitrogen and oxygen atoms in total. The Hall–Kier alpha value is -3.56. The van der Waals surface area contributed by atoms with Crippen molar-refractivity contribution in [2.45, 2.75) is 51.6 Å². The standard InChI is InChI=1S/C32H40ClN3O5S/c1-4-5-20-34-32(38)30(22-25-13-7-6-8-14-25)35(24-26-15-9-10-18-29(26)33)31(37)19-12-21-36(42(3,39)40)27-16-11-17-28(23-27)41-2/h6-11,13-18,23,30H,4-5,12,19-22,24H2,1-3H3,(H,34,38)/t30-/m0/s1. The number of halogens is 1. The Labute approximate surface area is 254 Å². The van der Waals surface area contributed by atoms with E-state index in [1.807, 2.05) is 55.5 Å². The number of carbonyl (C=O) groups excluding carboxylic acids is 2. The molecule has 0 aliphatic heterocycles. The summed E-state index contributed by atoms with van der Waals surface area (Å²) in [7, 11) is -2.11. The van der Waals surface area contributed by atoms with Crippen LogP contribution in [0.5, 0.6) is 5.75 Å².